The molecule has 0 nitrogen and oxygen atoms in total. The number of unbranched alkanes of at least 4 members (excludes halogenated alkanes) is 12. The van der Waals surface area contributed by atoms with Gasteiger partial charge in [0.25, 0.3) is 0 Å². The van der Waals surface area contributed by atoms with E-state index in [4.69, 9.17) is 0 Å². The van der Waals surface area contributed by atoms with Crippen LogP contribution >= 0.6 is 0 Å². The first-order valence-electron chi connectivity index (χ1n) is 12.2. The van der Waals surface area contributed by atoms with E-state index in [2.05, 4.69) is 27.7 Å². The first-order valence-corrected chi connectivity index (χ1v) is 20.3. The molecule has 0 amide bonds. The number of rotatable bonds is 20. The molecule has 0 heterocycles. The molecule has 0 saturated heterocycles. The summed E-state index contributed by atoms with van der Waals surface area (Å²) >= 11 is 0.223. The van der Waals surface area contributed by atoms with Crippen LogP contribution in [0, 0.1) is 0 Å². The van der Waals surface area contributed by atoms with Crippen LogP contribution in [0.25, 0.3) is 0 Å². The minimum Gasteiger partial charge on any atom is -0.813 e. The molecular weight excluding hydrogens is 558 g/mol. The standard InChI is InChI=1S/2C8H17.2C4H9.H2S.2Sn/c2*1-3-5-7-8-6-4-2;2*1-3-4-2;;;/h2*1,3-8H2,2H3;2*1,3-4H2,2H3;1H2;;/q;;;;;;+1/p-1. The van der Waals surface area contributed by atoms with Crippen molar-refractivity contribution in [1.82, 2.24) is 0 Å². The van der Waals surface area contributed by atoms with Gasteiger partial charge in [0.15, 0.2) is 0 Å². The van der Waals surface area contributed by atoms with Gasteiger partial charge in [-0.2, -0.15) is 0 Å². The summed E-state index contributed by atoms with van der Waals surface area (Å²) in [5.41, 5.74) is 0. The van der Waals surface area contributed by atoms with Crippen molar-refractivity contribution in [1.29, 1.82) is 0 Å². The maximum atomic E-state index is 2.30. The Kier molecular flexibility index (Phi) is 44.0. The van der Waals surface area contributed by atoms with Crippen LogP contribution in [0.4, 0.5) is 0 Å². The van der Waals surface area contributed by atoms with Crippen molar-refractivity contribution in [3.8, 4) is 0 Å². The van der Waals surface area contributed by atoms with Crippen molar-refractivity contribution in [3.63, 3.8) is 0 Å². The third-order valence-electron chi connectivity index (χ3n) is 4.83. The van der Waals surface area contributed by atoms with E-state index < -0.39 is 0 Å². The molecule has 0 aliphatic carbocycles. The van der Waals surface area contributed by atoms with Crippen LogP contribution in [-0.4, -0.2) is 42.3 Å². The van der Waals surface area contributed by atoms with Crippen LogP contribution in [-0.2, 0) is 13.5 Å². The van der Waals surface area contributed by atoms with Crippen LogP contribution < -0.4 is 0 Å². The van der Waals surface area contributed by atoms with Gasteiger partial charge in [-0.3, -0.25) is 0 Å². The van der Waals surface area contributed by atoms with Crippen LogP contribution in [0.3, 0.4) is 0 Å². The third kappa shape index (κ3) is 39.1. The van der Waals surface area contributed by atoms with Gasteiger partial charge in [0.2, 0.25) is 0 Å². The van der Waals surface area contributed by atoms with Gasteiger partial charge < -0.3 is 13.5 Å². The van der Waals surface area contributed by atoms with E-state index >= 15 is 0 Å². The Balaban J connectivity index is -0.000000491. The minimum absolute atomic E-state index is 0. The van der Waals surface area contributed by atoms with Crippen LogP contribution in [0.5, 0.6) is 0 Å². The van der Waals surface area contributed by atoms with E-state index in [0.29, 0.717) is 0 Å². The molecule has 0 spiro atoms. The zero-order valence-electron chi connectivity index (χ0n) is 19.6. The van der Waals surface area contributed by atoms with Crippen molar-refractivity contribution >= 4 is 55.8 Å². The van der Waals surface area contributed by atoms with Gasteiger partial charge in [0.05, 0.1) is 0 Å². The average molecular weight is 611 g/mol. The molecular formula is C24H53SSn2. The predicted molar refractivity (Wildman–Crippen MR) is 136 cm³/mol. The zero-order valence-corrected chi connectivity index (χ0v) is 26.2. The molecule has 0 aromatic carbocycles. The first kappa shape index (κ1) is 33.6. The SMILES string of the molecule is CCCCCCC[CH2][Sn+][CH2]CCCCCCC.CCC[CH2][Sn][CH2]CCC.[SH-]. The molecule has 0 unspecified atom stereocenters. The van der Waals surface area contributed by atoms with E-state index in [-0.39, 0.29) is 55.8 Å². The molecule has 0 saturated carbocycles. The van der Waals surface area contributed by atoms with Crippen molar-refractivity contribution in [3.05, 3.63) is 0 Å². The fourth-order valence-corrected chi connectivity index (χ4v) is 10.6. The van der Waals surface area contributed by atoms with Gasteiger partial charge in [-0.1, -0.05) is 0 Å². The first-order chi connectivity index (χ1) is 12.8. The second-order valence-electron chi connectivity index (χ2n) is 7.74. The summed E-state index contributed by atoms with van der Waals surface area (Å²) in [5, 5.41) is 0. The van der Waals surface area contributed by atoms with Crippen molar-refractivity contribution in [2.45, 2.75) is 148 Å². The summed E-state index contributed by atoms with van der Waals surface area (Å²) < 4.78 is 6.56. The van der Waals surface area contributed by atoms with Gasteiger partial charge in [0, 0.05) is 0 Å². The minimum atomic E-state index is 0. The molecule has 0 atom stereocenters. The van der Waals surface area contributed by atoms with E-state index in [1.807, 2.05) is 0 Å². The summed E-state index contributed by atoms with van der Waals surface area (Å²) in [6, 6.07) is 0. The molecule has 0 aliphatic heterocycles. The van der Waals surface area contributed by atoms with Crippen molar-refractivity contribution in [2.75, 3.05) is 0 Å². The molecule has 163 valence electrons. The molecule has 0 aliphatic rings. The van der Waals surface area contributed by atoms with E-state index in [1.165, 1.54) is 89.9 Å². The number of hydrogen-bond acceptors (Lipinski definition) is 1. The third-order valence-corrected chi connectivity index (χ3v) is 12.9. The Labute approximate surface area is 202 Å². The van der Waals surface area contributed by atoms with Crippen molar-refractivity contribution < 1.29 is 0 Å². The maximum absolute atomic E-state index is 2.30. The van der Waals surface area contributed by atoms with Gasteiger partial charge >= 0.3 is 190 Å². The Morgan fingerprint density at radius 1 is 0.444 bits per heavy atom. The predicted octanol–water partition coefficient (Wildman–Crippen LogP) is 9.11. The molecule has 0 fully saturated rings. The zero-order chi connectivity index (χ0) is 19.6. The molecule has 0 aromatic rings. The normalized spacial score (nSPS) is 10.1. The summed E-state index contributed by atoms with van der Waals surface area (Å²) in [6.45, 7) is 9.18. The largest absolute Gasteiger partial charge is 0.813 e. The fourth-order valence-electron chi connectivity index (χ4n) is 2.91. The average Bonchev–Trinajstić information content (AvgIpc) is 2.66. The Bertz CT molecular complexity index is 193. The quantitative estimate of drug-likeness (QED) is 0.0573. The second kappa shape index (κ2) is 35.4. The van der Waals surface area contributed by atoms with E-state index in [9.17, 15) is 0 Å². The molecule has 3 radical (unpaired) electrons. The fraction of sp³-hybridized carbons (Fsp3) is 1.00. The van der Waals surface area contributed by atoms with Gasteiger partial charge in [-0.15, -0.1) is 0 Å². The van der Waals surface area contributed by atoms with Crippen LogP contribution in [0.2, 0.25) is 17.7 Å². The summed E-state index contributed by atoms with van der Waals surface area (Å²) in [7, 11) is 0. The number of hydrogen-bond donors (Lipinski definition) is 0. The van der Waals surface area contributed by atoms with E-state index in [0.717, 1.165) is 0 Å². The van der Waals surface area contributed by atoms with Crippen molar-refractivity contribution in [2.24, 2.45) is 0 Å². The molecule has 27 heavy (non-hydrogen) atoms. The summed E-state index contributed by atoms with van der Waals surface area (Å²) in [5.74, 6) is 0. The van der Waals surface area contributed by atoms with Gasteiger partial charge in [-0.05, 0) is 0 Å². The molecule has 0 N–H and O–H groups in total. The van der Waals surface area contributed by atoms with Crippen LogP contribution in [0.15, 0.2) is 0 Å². The molecule has 3 heteroatoms. The smallest absolute Gasteiger partial charge is 0.813 e. The van der Waals surface area contributed by atoms with Crippen LogP contribution in [0.1, 0.15) is 130 Å². The summed E-state index contributed by atoms with van der Waals surface area (Å²) in [4.78, 5) is 0. The monoisotopic (exact) mass is 613 g/mol. The Morgan fingerprint density at radius 3 is 1.15 bits per heavy atom. The maximum Gasteiger partial charge on any atom is -0.813 e. The number of thiol groups is 1. The Hall–Kier alpha value is 1.95. The van der Waals surface area contributed by atoms with E-state index in [1.54, 1.807) is 30.6 Å². The van der Waals surface area contributed by atoms with Gasteiger partial charge in [-0.25, -0.2) is 0 Å². The Morgan fingerprint density at radius 2 is 0.778 bits per heavy atom. The topological polar surface area (TPSA) is 0 Å². The molecule has 0 aromatic heterocycles. The second-order valence-corrected chi connectivity index (χ2v) is 16.3. The molecule has 0 bridgehead atoms. The van der Waals surface area contributed by atoms with Gasteiger partial charge in [0.1, 0.15) is 0 Å². The molecule has 0 rings (SSSR count). The summed E-state index contributed by atoms with van der Waals surface area (Å²) in [6.07, 6.45) is 23.7.